The number of carbonyl (C=O) groups is 1. The van der Waals surface area contributed by atoms with Crippen LogP contribution in [0.4, 0.5) is 4.39 Å². The second kappa shape index (κ2) is 11.6. The zero-order chi connectivity index (χ0) is 22.2. The Labute approximate surface area is 185 Å². The highest BCUT2D eigenvalue weighted by Crippen LogP contribution is 2.38. The lowest BCUT2D eigenvalue weighted by atomic mass is 9.89. The number of hydrogen-bond acceptors (Lipinski definition) is 3. The highest BCUT2D eigenvalue weighted by Gasteiger charge is 2.40. The van der Waals surface area contributed by atoms with Crippen LogP contribution < -0.4 is 5.32 Å². The van der Waals surface area contributed by atoms with Crippen LogP contribution in [0, 0.1) is 17.8 Å². The Morgan fingerprint density at radius 3 is 2.65 bits per heavy atom. The second-order valence-corrected chi connectivity index (χ2v) is 8.93. The normalized spacial score (nSPS) is 27.2. The van der Waals surface area contributed by atoms with E-state index in [0.717, 1.165) is 25.7 Å². The van der Waals surface area contributed by atoms with Crippen molar-refractivity contribution in [2.75, 3.05) is 6.54 Å². The minimum atomic E-state index is -1.09. The first-order valence-corrected chi connectivity index (χ1v) is 11.7. The lowest BCUT2D eigenvalue weighted by Crippen LogP contribution is -2.22. The van der Waals surface area contributed by atoms with E-state index >= 15 is 0 Å². The molecule has 3 rings (SSSR count). The third-order valence-corrected chi connectivity index (χ3v) is 6.69. The topological polar surface area (TPSA) is 69.6 Å². The largest absolute Gasteiger partial charge is 0.393 e. The minimum absolute atomic E-state index is 0.0662. The maximum absolute atomic E-state index is 14.6. The molecule has 3 N–H and O–H groups in total. The van der Waals surface area contributed by atoms with E-state index in [4.69, 9.17) is 0 Å². The molecule has 0 spiro atoms. The van der Waals surface area contributed by atoms with Crippen LogP contribution in [0.1, 0.15) is 50.2 Å². The van der Waals surface area contributed by atoms with Crippen LogP contribution in [0.5, 0.6) is 0 Å². The van der Waals surface area contributed by atoms with Crippen LogP contribution in [0.3, 0.4) is 0 Å². The summed E-state index contributed by atoms with van der Waals surface area (Å²) in [4.78, 5) is 11.5. The average Bonchev–Trinajstić information content (AvgIpc) is 3.29. The third kappa shape index (κ3) is 6.50. The Hall–Kier alpha value is -1.98. The molecule has 1 amide bonds. The predicted molar refractivity (Wildman–Crippen MR) is 121 cm³/mol. The monoisotopic (exact) mass is 429 g/mol. The summed E-state index contributed by atoms with van der Waals surface area (Å²) in [5, 5.41) is 23.8. The van der Waals surface area contributed by atoms with Gasteiger partial charge in [-0.2, -0.15) is 0 Å². The number of rotatable bonds is 10. The number of carbonyl (C=O) groups excluding carboxylic acids is 1. The molecule has 2 aliphatic carbocycles. The van der Waals surface area contributed by atoms with Gasteiger partial charge in [0.05, 0.1) is 12.2 Å². The molecular formula is C26H36FNO3. The van der Waals surface area contributed by atoms with Crippen molar-refractivity contribution in [3.05, 3.63) is 59.7 Å². The standard InChI is InChI=1S/C26H36FNO3/c1-2-28-26(31)12-6-4-3-5-11-22-21(23(27)17-25(22)30)13-14-24(29)20-15-18-9-7-8-10-19(18)16-20/h3,5,7-10,13-14,20-25,29-30H,2,4,6,11-12,15-17H2,1H3,(H,28,31)/b5-3-,14-13+/t21-,22-,23+,24+,25+/m1/s1. The van der Waals surface area contributed by atoms with E-state index in [-0.39, 0.29) is 30.1 Å². The number of aliphatic hydroxyl groups is 2. The molecular weight excluding hydrogens is 393 g/mol. The van der Waals surface area contributed by atoms with Gasteiger partial charge in [-0.15, -0.1) is 0 Å². The van der Waals surface area contributed by atoms with Crippen molar-refractivity contribution in [2.45, 2.75) is 70.2 Å². The van der Waals surface area contributed by atoms with Crippen LogP contribution in [-0.4, -0.2) is 41.0 Å². The van der Waals surface area contributed by atoms with Gasteiger partial charge in [0.15, 0.2) is 0 Å². The first-order chi connectivity index (χ1) is 15.0. The maximum atomic E-state index is 14.6. The molecule has 0 saturated heterocycles. The second-order valence-electron chi connectivity index (χ2n) is 8.93. The molecule has 0 bridgehead atoms. The molecule has 170 valence electrons. The van der Waals surface area contributed by atoms with Crippen molar-refractivity contribution < 1.29 is 19.4 Å². The SMILES string of the molecule is CCNC(=O)CCC/C=C\C[C@@H]1[C@@H](/C=C/[C@H](O)C2Cc3ccccc3C2)[C@@H](F)C[C@@H]1O. The Kier molecular flexibility index (Phi) is 8.85. The van der Waals surface area contributed by atoms with Crippen LogP contribution in [0.2, 0.25) is 0 Å². The number of alkyl halides is 1. The number of halogens is 1. The fourth-order valence-electron chi connectivity index (χ4n) is 4.94. The van der Waals surface area contributed by atoms with Crippen molar-refractivity contribution in [3.8, 4) is 0 Å². The molecule has 0 heterocycles. The van der Waals surface area contributed by atoms with Crippen LogP contribution in [0.25, 0.3) is 0 Å². The van der Waals surface area contributed by atoms with Crippen molar-refractivity contribution in [1.29, 1.82) is 0 Å². The van der Waals surface area contributed by atoms with E-state index in [9.17, 15) is 19.4 Å². The molecule has 4 nitrogen and oxygen atoms in total. The van der Waals surface area contributed by atoms with Gasteiger partial charge in [-0.1, -0.05) is 48.6 Å². The van der Waals surface area contributed by atoms with E-state index in [1.54, 1.807) is 12.2 Å². The first-order valence-electron chi connectivity index (χ1n) is 11.7. The summed E-state index contributed by atoms with van der Waals surface area (Å²) in [6.07, 6.45) is 9.70. The van der Waals surface area contributed by atoms with E-state index < -0.39 is 18.4 Å². The zero-order valence-corrected chi connectivity index (χ0v) is 18.4. The van der Waals surface area contributed by atoms with Crippen molar-refractivity contribution in [3.63, 3.8) is 0 Å². The first kappa shape index (κ1) is 23.7. The molecule has 1 fully saturated rings. The van der Waals surface area contributed by atoms with Gasteiger partial charge in [0.25, 0.3) is 0 Å². The predicted octanol–water partition coefficient (Wildman–Crippen LogP) is 3.91. The number of amides is 1. The molecule has 1 aromatic carbocycles. The van der Waals surface area contributed by atoms with Gasteiger partial charge in [-0.05, 0) is 62.0 Å². The van der Waals surface area contributed by atoms with E-state index in [1.165, 1.54) is 11.1 Å². The molecule has 1 aromatic rings. The molecule has 0 aromatic heterocycles. The molecule has 2 aliphatic rings. The lowest BCUT2D eigenvalue weighted by Gasteiger charge is -2.20. The van der Waals surface area contributed by atoms with Gasteiger partial charge in [0, 0.05) is 25.3 Å². The van der Waals surface area contributed by atoms with Gasteiger partial charge in [0.1, 0.15) is 6.17 Å². The van der Waals surface area contributed by atoms with Gasteiger partial charge < -0.3 is 15.5 Å². The van der Waals surface area contributed by atoms with Gasteiger partial charge >= 0.3 is 0 Å². The molecule has 5 heteroatoms. The number of hydrogen-bond donors (Lipinski definition) is 3. The minimum Gasteiger partial charge on any atom is -0.393 e. The maximum Gasteiger partial charge on any atom is 0.219 e. The highest BCUT2D eigenvalue weighted by molar-refractivity contribution is 5.75. The van der Waals surface area contributed by atoms with Gasteiger partial charge in [-0.3, -0.25) is 4.79 Å². The van der Waals surface area contributed by atoms with Crippen molar-refractivity contribution in [2.24, 2.45) is 17.8 Å². The van der Waals surface area contributed by atoms with Crippen LogP contribution in [0.15, 0.2) is 48.6 Å². The van der Waals surface area contributed by atoms with Crippen molar-refractivity contribution >= 4 is 5.91 Å². The van der Waals surface area contributed by atoms with Crippen LogP contribution >= 0.6 is 0 Å². The fourth-order valence-corrected chi connectivity index (χ4v) is 4.94. The van der Waals surface area contributed by atoms with Crippen molar-refractivity contribution in [1.82, 2.24) is 5.32 Å². The summed E-state index contributed by atoms with van der Waals surface area (Å²) in [6.45, 7) is 2.55. The molecule has 5 atom stereocenters. The summed E-state index contributed by atoms with van der Waals surface area (Å²) < 4.78 is 14.6. The van der Waals surface area contributed by atoms with Gasteiger partial charge in [0.2, 0.25) is 5.91 Å². The summed E-state index contributed by atoms with van der Waals surface area (Å²) in [6, 6.07) is 8.26. The van der Waals surface area contributed by atoms with E-state index in [1.807, 2.05) is 31.2 Å². The summed E-state index contributed by atoms with van der Waals surface area (Å²) >= 11 is 0. The average molecular weight is 430 g/mol. The van der Waals surface area contributed by atoms with E-state index in [0.29, 0.717) is 19.4 Å². The number of unbranched alkanes of at least 4 members (excludes halogenated alkanes) is 1. The van der Waals surface area contributed by atoms with Gasteiger partial charge in [-0.25, -0.2) is 4.39 Å². The summed E-state index contributed by atoms with van der Waals surface area (Å²) in [5.41, 5.74) is 2.57. The summed E-state index contributed by atoms with van der Waals surface area (Å²) in [5.74, 6) is -0.370. The Morgan fingerprint density at radius 1 is 1.26 bits per heavy atom. The quantitative estimate of drug-likeness (QED) is 0.390. The van der Waals surface area contributed by atoms with Crippen LogP contribution in [-0.2, 0) is 17.6 Å². The molecule has 0 unspecified atom stereocenters. The number of fused-ring (bicyclic) bond motifs is 1. The Balaban J connectivity index is 1.48. The highest BCUT2D eigenvalue weighted by atomic mass is 19.1. The summed E-state index contributed by atoms with van der Waals surface area (Å²) in [7, 11) is 0. The Bertz CT molecular complexity index is 753. The molecule has 0 aliphatic heterocycles. The fraction of sp³-hybridized carbons (Fsp3) is 0.577. The number of benzene rings is 1. The number of nitrogens with one attached hydrogen (secondary N) is 1. The Morgan fingerprint density at radius 2 is 1.97 bits per heavy atom. The molecule has 1 saturated carbocycles. The van der Waals surface area contributed by atoms with E-state index in [2.05, 4.69) is 17.4 Å². The lowest BCUT2D eigenvalue weighted by molar-refractivity contribution is -0.121. The number of allylic oxidation sites excluding steroid dienone is 3. The zero-order valence-electron chi connectivity index (χ0n) is 18.4. The smallest absolute Gasteiger partial charge is 0.219 e. The molecule has 0 radical (unpaired) electrons. The number of aliphatic hydroxyl groups excluding tert-OH is 2. The third-order valence-electron chi connectivity index (χ3n) is 6.69. The molecule has 31 heavy (non-hydrogen) atoms.